The lowest BCUT2D eigenvalue weighted by Gasteiger charge is -2.29. The fourth-order valence-electron chi connectivity index (χ4n) is 5.05. The van der Waals surface area contributed by atoms with Crippen molar-refractivity contribution in [3.05, 3.63) is 100 Å². The monoisotopic (exact) mass is 484 g/mol. The Hall–Kier alpha value is -3.39. The number of pyridine rings is 2. The molecule has 0 saturated carbocycles. The second-order valence-electron chi connectivity index (χ2n) is 9.24. The first kappa shape index (κ1) is 24.3. The molecule has 0 aromatic carbocycles. The van der Waals surface area contributed by atoms with Gasteiger partial charge in [-0.1, -0.05) is 23.8 Å². The molecule has 186 valence electrons. The maximum Gasteiger partial charge on any atom is 0.247 e. The third kappa shape index (κ3) is 5.54. The molecule has 1 aliphatic heterocycles. The number of hydroxylamine groups is 2. The third-order valence-electron chi connectivity index (χ3n) is 6.91. The molecule has 3 aliphatic rings. The summed E-state index contributed by atoms with van der Waals surface area (Å²) in [5, 5.41) is 14.0. The van der Waals surface area contributed by atoms with Gasteiger partial charge < -0.3 is 10.4 Å². The number of allylic oxidation sites excluding steroid dienone is 6. The SMILES string of the molecule is O=C(NCCO)C1=CC2=C(C=CC1)C(=C1CCN(OCc3ccncc3)CC1)c1ncccc1CC2. The van der Waals surface area contributed by atoms with Crippen molar-refractivity contribution in [1.29, 1.82) is 0 Å². The van der Waals surface area contributed by atoms with Crippen LogP contribution in [0.25, 0.3) is 5.57 Å². The molecular weight excluding hydrogens is 452 g/mol. The van der Waals surface area contributed by atoms with E-state index in [9.17, 15) is 4.79 Å². The van der Waals surface area contributed by atoms with E-state index in [4.69, 9.17) is 14.9 Å². The highest BCUT2D eigenvalue weighted by atomic mass is 16.7. The number of aryl methyl sites for hydroxylation is 1. The fourth-order valence-corrected chi connectivity index (χ4v) is 5.05. The van der Waals surface area contributed by atoms with Gasteiger partial charge in [0, 0.05) is 49.4 Å². The first-order valence-corrected chi connectivity index (χ1v) is 12.7. The van der Waals surface area contributed by atoms with E-state index in [1.807, 2.05) is 24.4 Å². The summed E-state index contributed by atoms with van der Waals surface area (Å²) in [5.74, 6) is -0.115. The van der Waals surface area contributed by atoms with Crippen molar-refractivity contribution in [2.45, 2.75) is 38.7 Å². The molecule has 0 radical (unpaired) electrons. The summed E-state index contributed by atoms with van der Waals surface area (Å²) in [6.07, 6.45) is 15.9. The first-order valence-electron chi connectivity index (χ1n) is 12.7. The molecule has 0 unspecified atom stereocenters. The molecule has 2 N–H and O–H groups in total. The van der Waals surface area contributed by atoms with Crippen LogP contribution < -0.4 is 5.32 Å². The molecule has 0 atom stereocenters. The third-order valence-corrected chi connectivity index (χ3v) is 6.91. The predicted molar refractivity (Wildman–Crippen MR) is 138 cm³/mol. The van der Waals surface area contributed by atoms with E-state index in [1.54, 1.807) is 12.4 Å². The van der Waals surface area contributed by atoms with Crippen molar-refractivity contribution < 1.29 is 14.7 Å². The Morgan fingerprint density at radius 2 is 1.92 bits per heavy atom. The number of carbonyl (C=O) groups excluding carboxylic acids is 1. The van der Waals surface area contributed by atoms with E-state index in [0.717, 1.165) is 55.6 Å². The number of aliphatic hydroxyl groups is 1. The highest BCUT2D eigenvalue weighted by Gasteiger charge is 2.27. The molecule has 1 amide bonds. The molecule has 0 spiro atoms. The van der Waals surface area contributed by atoms with Gasteiger partial charge in [0.25, 0.3) is 0 Å². The second kappa shape index (κ2) is 11.6. The van der Waals surface area contributed by atoms with Crippen molar-refractivity contribution in [3.8, 4) is 0 Å². The van der Waals surface area contributed by atoms with Crippen LogP contribution in [0.5, 0.6) is 0 Å². The van der Waals surface area contributed by atoms with Crippen molar-refractivity contribution >= 4 is 11.5 Å². The Morgan fingerprint density at radius 3 is 2.72 bits per heavy atom. The largest absolute Gasteiger partial charge is 0.395 e. The number of aromatic nitrogens is 2. The number of nitrogens with one attached hydrogen (secondary N) is 1. The fraction of sp³-hybridized carbons (Fsp3) is 0.345. The van der Waals surface area contributed by atoms with E-state index in [2.05, 4.69) is 39.7 Å². The molecule has 5 rings (SSSR count). The molecule has 2 aromatic heterocycles. The van der Waals surface area contributed by atoms with Crippen LogP contribution in [0.2, 0.25) is 0 Å². The zero-order valence-corrected chi connectivity index (χ0v) is 20.4. The maximum absolute atomic E-state index is 12.7. The smallest absolute Gasteiger partial charge is 0.247 e. The van der Waals surface area contributed by atoms with E-state index in [1.165, 1.54) is 27.9 Å². The van der Waals surface area contributed by atoms with E-state index < -0.39 is 0 Å². The molecule has 1 fully saturated rings. The summed E-state index contributed by atoms with van der Waals surface area (Å²) in [5.41, 5.74) is 9.11. The molecule has 2 aliphatic carbocycles. The molecule has 3 heterocycles. The normalized spacial score (nSPS) is 18.2. The number of aliphatic hydroxyl groups excluding tert-OH is 1. The van der Waals surface area contributed by atoms with Crippen LogP contribution in [0.15, 0.2) is 83.4 Å². The van der Waals surface area contributed by atoms with Gasteiger partial charge in [0.2, 0.25) is 5.91 Å². The lowest BCUT2D eigenvalue weighted by atomic mass is 9.88. The summed E-state index contributed by atoms with van der Waals surface area (Å²) in [4.78, 5) is 27.7. The lowest BCUT2D eigenvalue weighted by molar-refractivity contribution is -0.173. The zero-order chi connectivity index (χ0) is 24.7. The minimum atomic E-state index is -0.115. The van der Waals surface area contributed by atoms with E-state index >= 15 is 0 Å². The Bertz CT molecular complexity index is 1220. The van der Waals surface area contributed by atoms with Crippen molar-refractivity contribution in [2.75, 3.05) is 26.2 Å². The topological polar surface area (TPSA) is 87.6 Å². The van der Waals surface area contributed by atoms with Crippen molar-refractivity contribution in [2.24, 2.45) is 0 Å². The van der Waals surface area contributed by atoms with E-state index in [0.29, 0.717) is 13.0 Å². The highest BCUT2D eigenvalue weighted by molar-refractivity contribution is 5.95. The molecule has 0 bridgehead atoms. The summed E-state index contributed by atoms with van der Waals surface area (Å²) >= 11 is 0. The Morgan fingerprint density at radius 1 is 1.08 bits per heavy atom. The van der Waals surface area contributed by atoms with Crippen LogP contribution in [0.4, 0.5) is 0 Å². The van der Waals surface area contributed by atoms with Crippen LogP contribution in [0, 0.1) is 0 Å². The van der Waals surface area contributed by atoms with Gasteiger partial charge >= 0.3 is 0 Å². The average molecular weight is 485 g/mol. The number of fused-ring (bicyclic) bond motifs is 1. The standard InChI is InChI=1S/C29H32N4O3/c34-18-15-32-29(35)25-3-1-5-26-24(19-25)7-6-23-4-2-12-31-28(23)27(26)22-10-16-33(17-11-22)36-20-21-8-13-30-14-9-21/h1-2,4-5,8-9,12-14,19,34H,3,6-7,10-11,15-18,20H2,(H,32,35). The molecule has 7 heteroatoms. The number of piperidine rings is 1. The summed E-state index contributed by atoms with van der Waals surface area (Å²) < 4.78 is 0. The van der Waals surface area contributed by atoms with Crippen LogP contribution in [-0.4, -0.2) is 52.3 Å². The van der Waals surface area contributed by atoms with Gasteiger partial charge in [-0.05, 0) is 78.7 Å². The first-order chi connectivity index (χ1) is 17.7. The number of carbonyl (C=O) groups is 1. The summed E-state index contributed by atoms with van der Waals surface area (Å²) in [6, 6.07) is 8.13. The Labute approximate surface area is 211 Å². The van der Waals surface area contributed by atoms with E-state index in [-0.39, 0.29) is 19.1 Å². The number of hydrogen-bond donors (Lipinski definition) is 2. The van der Waals surface area contributed by atoms with Gasteiger partial charge in [-0.25, -0.2) is 0 Å². The molecular formula is C29H32N4O3. The second-order valence-corrected chi connectivity index (χ2v) is 9.24. The molecule has 36 heavy (non-hydrogen) atoms. The average Bonchev–Trinajstić information content (AvgIpc) is 3.22. The maximum atomic E-state index is 12.7. The molecule has 7 nitrogen and oxygen atoms in total. The van der Waals surface area contributed by atoms with Crippen molar-refractivity contribution in [3.63, 3.8) is 0 Å². The Balaban J connectivity index is 1.43. The predicted octanol–water partition coefficient (Wildman–Crippen LogP) is 3.70. The number of hydrogen-bond acceptors (Lipinski definition) is 6. The quantitative estimate of drug-likeness (QED) is 0.650. The van der Waals surface area contributed by atoms with Crippen LogP contribution in [-0.2, 0) is 22.7 Å². The number of nitrogens with zero attached hydrogens (tertiary/aromatic N) is 3. The van der Waals surface area contributed by atoms with Gasteiger partial charge in [0.1, 0.15) is 0 Å². The number of amides is 1. The van der Waals surface area contributed by atoms with Crippen LogP contribution >= 0.6 is 0 Å². The molecule has 1 saturated heterocycles. The number of rotatable bonds is 6. The van der Waals surface area contributed by atoms with Gasteiger partial charge in [0.05, 0.1) is 18.9 Å². The zero-order valence-electron chi connectivity index (χ0n) is 20.4. The minimum absolute atomic E-state index is 0.0662. The lowest BCUT2D eigenvalue weighted by Crippen LogP contribution is -2.31. The Kier molecular flexibility index (Phi) is 7.81. The van der Waals surface area contributed by atoms with Gasteiger partial charge in [-0.3, -0.25) is 19.6 Å². The van der Waals surface area contributed by atoms with Gasteiger partial charge in [0.15, 0.2) is 0 Å². The van der Waals surface area contributed by atoms with Gasteiger partial charge in [-0.15, -0.1) is 0 Å². The molecule has 2 aromatic rings. The summed E-state index contributed by atoms with van der Waals surface area (Å²) in [7, 11) is 0. The van der Waals surface area contributed by atoms with Crippen molar-refractivity contribution in [1.82, 2.24) is 20.3 Å². The summed E-state index contributed by atoms with van der Waals surface area (Å²) in [6.45, 7) is 2.38. The minimum Gasteiger partial charge on any atom is -0.395 e. The highest BCUT2D eigenvalue weighted by Crippen LogP contribution is 2.40. The van der Waals surface area contributed by atoms with Crippen LogP contribution in [0.3, 0.4) is 0 Å². The van der Waals surface area contributed by atoms with Gasteiger partial charge in [-0.2, -0.15) is 5.06 Å². The van der Waals surface area contributed by atoms with Crippen LogP contribution in [0.1, 0.15) is 42.5 Å².